The van der Waals surface area contributed by atoms with Crippen LogP contribution in [-0.2, 0) is 4.79 Å². The average Bonchev–Trinajstić information content (AvgIpc) is 2.57. The van der Waals surface area contributed by atoms with E-state index in [2.05, 4.69) is 20.5 Å². The van der Waals surface area contributed by atoms with Crippen LogP contribution >= 0.6 is 0 Å². The van der Waals surface area contributed by atoms with Gasteiger partial charge in [-0.05, 0) is 30.9 Å². The Morgan fingerprint density at radius 2 is 1.88 bits per heavy atom. The molecule has 0 saturated carbocycles. The maximum Gasteiger partial charge on any atom is 0.317 e. The van der Waals surface area contributed by atoms with Gasteiger partial charge in [-0.2, -0.15) is 0 Å². The molecule has 3 amide bonds. The molecule has 0 unspecified atom stereocenters. The molecule has 2 aliphatic heterocycles. The highest BCUT2D eigenvalue weighted by atomic mass is 16.2. The van der Waals surface area contributed by atoms with Gasteiger partial charge >= 0.3 is 6.03 Å². The van der Waals surface area contributed by atoms with Crippen LogP contribution in [-0.4, -0.2) is 60.6 Å². The molecule has 7 nitrogen and oxygen atoms in total. The van der Waals surface area contributed by atoms with Crippen LogP contribution in [0.1, 0.15) is 19.8 Å². The maximum absolute atomic E-state index is 12.1. The van der Waals surface area contributed by atoms with E-state index in [0.717, 1.165) is 32.5 Å². The molecule has 1 aromatic rings. The minimum absolute atomic E-state index is 0.0202. The summed E-state index contributed by atoms with van der Waals surface area (Å²) in [6, 6.07) is 4.17. The van der Waals surface area contributed by atoms with Gasteiger partial charge in [-0.25, -0.2) is 4.79 Å². The zero-order valence-corrected chi connectivity index (χ0v) is 14.1. The number of carbonyl (C=O) groups excluding carboxylic acids is 2. The first-order valence-electron chi connectivity index (χ1n) is 8.56. The third-order valence-electron chi connectivity index (χ3n) is 4.76. The van der Waals surface area contributed by atoms with Gasteiger partial charge in [0.25, 0.3) is 0 Å². The summed E-state index contributed by atoms with van der Waals surface area (Å²) in [5.41, 5.74) is 1.22. The van der Waals surface area contributed by atoms with Crippen LogP contribution in [0.25, 0.3) is 0 Å². The molecular weight excluding hydrogens is 306 g/mol. The lowest BCUT2D eigenvalue weighted by Gasteiger charge is -2.40. The number of likely N-dealkylation sites (tertiary alicyclic amines) is 1. The van der Waals surface area contributed by atoms with E-state index in [1.165, 1.54) is 12.6 Å². The average molecular weight is 331 g/mol. The number of hydrogen-bond donors (Lipinski definition) is 2. The van der Waals surface area contributed by atoms with Gasteiger partial charge in [-0.1, -0.05) is 0 Å². The van der Waals surface area contributed by atoms with Crippen molar-refractivity contribution in [1.82, 2.24) is 20.5 Å². The summed E-state index contributed by atoms with van der Waals surface area (Å²) in [7, 11) is 0. The lowest BCUT2D eigenvalue weighted by molar-refractivity contribution is -0.120. The summed E-state index contributed by atoms with van der Waals surface area (Å²) in [5.74, 6) is 0.487. The molecule has 2 saturated heterocycles. The van der Waals surface area contributed by atoms with Gasteiger partial charge in [0.05, 0.1) is 6.04 Å². The van der Waals surface area contributed by atoms with Crippen molar-refractivity contribution in [3.8, 4) is 0 Å². The monoisotopic (exact) mass is 331 g/mol. The van der Waals surface area contributed by atoms with Crippen LogP contribution < -0.4 is 15.5 Å². The van der Waals surface area contributed by atoms with Crippen LogP contribution in [0, 0.1) is 5.92 Å². The van der Waals surface area contributed by atoms with E-state index in [1.807, 2.05) is 24.5 Å². The Hall–Kier alpha value is -2.31. The Balaban J connectivity index is 1.34. The molecule has 0 aromatic carbocycles. The summed E-state index contributed by atoms with van der Waals surface area (Å²) < 4.78 is 0. The molecule has 0 aliphatic carbocycles. The first-order valence-corrected chi connectivity index (χ1v) is 8.56. The summed E-state index contributed by atoms with van der Waals surface area (Å²) in [6.45, 7) is 5.46. The van der Waals surface area contributed by atoms with E-state index in [9.17, 15) is 9.59 Å². The molecule has 3 rings (SSSR count). The number of aromatic nitrogens is 1. The van der Waals surface area contributed by atoms with Crippen molar-refractivity contribution in [3.05, 3.63) is 24.5 Å². The highest BCUT2D eigenvalue weighted by Gasteiger charge is 2.31. The van der Waals surface area contributed by atoms with Crippen molar-refractivity contribution in [3.63, 3.8) is 0 Å². The number of pyridine rings is 1. The zero-order valence-electron chi connectivity index (χ0n) is 14.1. The highest BCUT2D eigenvalue weighted by molar-refractivity contribution is 5.77. The molecule has 2 N–H and O–H groups in total. The standard InChI is InChI=1S/C17H25N5O2/c1-13(23)20-15-11-22(12-15)17(24)19-10-14-4-8-21(9-5-14)16-2-6-18-7-3-16/h2-3,6-7,14-15H,4-5,8-12H2,1H3,(H,19,24)(H,20,23). The van der Waals surface area contributed by atoms with E-state index >= 15 is 0 Å². The molecule has 0 bridgehead atoms. The van der Waals surface area contributed by atoms with E-state index < -0.39 is 0 Å². The van der Waals surface area contributed by atoms with Crippen LogP contribution in [0.5, 0.6) is 0 Å². The van der Waals surface area contributed by atoms with Crippen molar-refractivity contribution in [1.29, 1.82) is 0 Å². The topological polar surface area (TPSA) is 77.6 Å². The Labute approximate surface area is 142 Å². The van der Waals surface area contributed by atoms with Gasteiger partial charge in [-0.3, -0.25) is 9.78 Å². The second kappa shape index (κ2) is 7.51. The minimum atomic E-state index is -0.0407. The third-order valence-corrected chi connectivity index (χ3v) is 4.76. The van der Waals surface area contributed by atoms with E-state index in [0.29, 0.717) is 19.0 Å². The number of carbonyl (C=O) groups is 2. The predicted octanol–water partition coefficient (Wildman–Crippen LogP) is 0.828. The number of amides is 3. The number of rotatable bonds is 4. The molecular formula is C17H25N5O2. The highest BCUT2D eigenvalue weighted by Crippen LogP contribution is 2.22. The Bertz CT molecular complexity index is 566. The van der Waals surface area contributed by atoms with Gasteiger partial charge in [0.1, 0.15) is 0 Å². The summed E-state index contributed by atoms with van der Waals surface area (Å²) >= 11 is 0. The van der Waals surface area contributed by atoms with Gasteiger partial charge < -0.3 is 20.4 Å². The first-order chi connectivity index (χ1) is 11.6. The molecule has 0 atom stereocenters. The smallest absolute Gasteiger partial charge is 0.317 e. The maximum atomic E-state index is 12.1. The number of piperidine rings is 1. The van der Waals surface area contributed by atoms with Gasteiger partial charge in [-0.15, -0.1) is 0 Å². The fraction of sp³-hybridized carbons (Fsp3) is 0.588. The van der Waals surface area contributed by atoms with Gasteiger partial charge in [0, 0.05) is 57.7 Å². The molecule has 2 aliphatic rings. The fourth-order valence-electron chi connectivity index (χ4n) is 3.32. The zero-order chi connectivity index (χ0) is 16.9. The summed E-state index contributed by atoms with van der Waals surface area (Å²) in [5, 5.41) is 5.85. The SMILES string of the molecule is CC(=O)NC1CN(C(=O)NCC2CCN(c3ccncc3)CC2)C1. The molecule has 3 heterocycles. The molecule has 1 aromatic heterocycles. The summed E-state index contributed by atoms with van der Waals surface area (Å²) in [6.07, 6.45) is 5.81. The van der Waals surface area contributed by atoms with Gasteiger partial charge in [0.2, 0.25) is 5.91 Å². The number of urea groups is 1. The Morgan fingerprint density at radius 3 is 2.50 bits per heavy atom. The lowest BCUT2D eigenvalue weighted by atomic mass is 9.96. The second-order valence-electron chi connectivity index (χ2n) is 6.62. The van der Waals surface area contributed by atoms with Crippen molar-refractivity contribution in [2.45, 2.75) is 25.8 Å². The van der Waals surface area contributed by atoms with Crippen molar-refractivity contribution in [2.75, 3.05) is 37.6 Å². The van der Waals surface area contributed by atoms with Gasteiger partial charge in [0.15, 0.2) is 0 Å². The minimum Gasteiger partial charge on any atom is -0.371 e. The molecule has 7 heteroatoms. The molecule has 0 radical (unpaired) electrons. The number of nitrogens with one attached hydrogen (secondary N) is 2. The van der Waals surface area contributed by atoms with Crippen molar-refractivity contribution >= 4 is 17.6 Å². The van der Waals surface area contributed by atoms with E-state index in [-0.39, 0.29) is 18.0 Å². The van der Waals surface area contributed by atoms with E-state index in [4.69, 9.17) is 0 Å². The second-order valence-corrected chi connectivity index (χ2v) is 6.62. The van der Waals surface area contributed by atoms with Crippen molar-refractivity contribution < 1.29 is 9.59 Å². The first kappa shape index (κ1) is 16.5. The predicted molar refractivity (Wildman–Crippen MR) is 91.8 cm³/mol. The fourth-order valence-corrected chi connectivity index (χ4v) is 3.32. The van der Waals surface area contributed by atoms with Crippen LogP contribution in [0.15, 0.2) is 24.5 Å². The molecule has 130 valence electrons. The lowest BCUT2D eigenvalue weighted by Crippen LogP contribution is -2.62. The number of anilines is 1. The van der Waals surface area contributed by atoms with Crippen LogP contribution in [0.3, 0.4) is 0 Å². The summed E-state index contributed by atoms with van der Waals surface area (Å²) in [4.78, 5) is 31.2. The largest absolute Gasteiger partial charge is 0.371 e. The normalized spacial score (nSPS) is 18.9. The quantitative estimate of drug-likeness (QED) is 0.857. The Morgan fingerprint density at radius 1 is 1.21 bits per heavy atom. The molecule has 0 spiro atoms. The van der Waals surface area contributed by atoms with Crippen LogP contribution in [0.4, 0.5) is 10.5 Å². The third kappa shape index (κ3) is 4.15. The number of nitrogens with zero attached hydrogens (tertiary/aromatic N) is 3. The van der Waals surface area contributed by atoms with Crippen LogP contribution in [0.2, 0.25) is 0 Å². The van der Waals surface area contributed by atoms with E-state index in [1.54, 1.807) is 4.90 Å². The number of hydrogen-bond acceptors (Lipinski definition) is 4. The molecule has 24 heavy (non-hydrogen) atoms. The molecule has 2 fully saturated rings. The van der Waals surface area contributed by atoms with Crippen molar-refractivity contribution in [2.24, 2.45) is 5.92 Å². The Kier molecular flexibility index (Phi) is 5.17.